The molecule has 1 N–H and O–H groups in total. The highest BCUT2D eigenvalue weighted by Gasteiger charge is 2.29. The first-order valence-corrected chi connectivity index (χ1v) is 3.15. The van der Waals surface area contributed by atoms with Crippen LogP contribution in [0.15, 0.2) is 0 Å². The molecule has 1 rings (SSSR count). The quantitative estimate of drug-likeness (QED) is 0.489. The van der Waals surface area contributed by atoms with Crippen LogP contribution in [0.4, 0.5) is 0 Å². The van der Waals surface area contributed by atoms with Crippen molar-refractivity contribution in [3.05, 3.63) is 0 Å². The lowest BCUT2D eigenvalue weighted by Crippen LogP contribution is -2.30. The molecule has 0 spiro atoms. The zero-order valence-electron chi connectivity index (χ0n) is 6.01. The lowest BCUT2D eigenvalue weighted by atomic mass is 10.3. The van der Waals surface area contributed by atoms with Crippen LogP contribution in [0.2, 0.25) is 0 Å². The molecule has 0 aliphatic carbocycles. The lowest BCUT2D eigenvalue weighted by Gasteiger charge is -2.12. The first kappa shape index (κ1) is 6.55. The molecule has 52 valence electrons. The summed E-state index contributed by atoms with van der Waals surface area (Å²) in [6.07, 6.45) is 0.201. The van der Waals surface area contributed by atoms with E-state index in [1.54, 1.807) is 4.90 Å². The molecule has 1 amide bonds. The Bertz CT molecular complexity index is 135. The third-order valence-corrected chi connectivity index (χ3v) is 1.79. The zero-order chi connectivity index (χ0) is 7.02. The predicted octanol–water partition coefficient (Wildman–Crippen LogP) is -0.218. The van der Waals surface area contributed by atoms with E-state index in [4.69, 9.17) is 0 Å². The van der Waals surface area contributed by atoms with Gasteiger partial charge >= 0.3 is 0 Å². The smallest absolute Gasteiger partial charge is 0.240 e. The van der Waals surface area contributed by atoms with Gasteiger partial charge in [-0.3, -0.25) is 10.1 Å². The standard InChI is InChI=1S/C6H12N2O/c1-4-6(9)8(3)5(2)7-4/h4-5,7H,1-3H3/t4-,5+/m0/s1. The SMILES string of the molecule is C[C@@H]1N[C@@H](C)N(C)C1=O. The van der Waals surface area contributed by atoms with Gasteiger partial charge in [-0.05, 0) is 13.8 Å². The Morgan fingerprint density at radius 1 is 1.56 bits per heavy atom. The van der Waals surface area contributed by atoms with E-state index in [1.165, 1.54) is 0 Å². The molecule has 9 heavy (non-hydrogen) atoms. The largest absolute Gasteiger partial charge is 0.329 e. The number of carbonyl (C=O) groups excluding carboxylic acids is 1. The van der Waals surface area contributed by atoms with Crippen molar-refractivity contribution in [3.63, 3.8) is 0 Å². The summed E-state index contributed by atoms with van der Waals surface area (Å²) in [6, 6.07) is 0.00463. The van der Waals surface area contributed by atoms with Gasteiger partial charge in [0.2, 0.25) is 5.91 Å². The highest BCUT2D eigenvalue weighted by atomic mass is 16.2. The van der Waals surface area contributed by atoms with Crippen molar-refractivity contribution < 1.29 is 4.79 Å². The fourth-order valence-corrected chi connectivity index (χ4v) is 1.04. The zero-order valence-corrected chi connectivity index (χ0v) is 6.01. The van der Waals surface area contributed by atoms with Gasteiger partial charge < -0.3 is 4.90 Å². The second-order valence-electron chi connectivity index (χ2n) is 2.51. The molecule has 0 saturated carbocycles. The number of amides is 1. The molecule has 0 radical (unpaired) electrons. The average Bonchev–Trinajstić information content (AvgIpc) is 1.98. The van der Waals surface area contributed by atoms with Gasteiger partial charge in [0.15, 0.2) is 0 Å². The van der Waals surface area contributed by atoms with E-state index in [9.17, 15) is 4.79 Å². The monoisotopic (exact) mass is 128 g/mol. The maximum atomic E-state index is 11.0. The molecule has 3 nitrogen and oxygen atoms in total. The Kier molecular flexibility index (Phi) is 1.45. The van der Waals surface area contributed by atoms with Gasteiger partial charge in [0.25, 0.3) is 0 Å². The molecule has 0 unspecified atom stereocenters. The Morgan fingerprint density at radius 3 is 2.22 bits per heavy atom. The van der Waals surface area contributed by atoms with E-state index in [0.717, 1.165) is 0 Å². The second-order valence-corrected chi connectivity index (χ2v) is 2.51. The van der Waals surface area contributed by atoms with E-state index in [2.05, 4.69) is 5.32 Å². The molecule has 0 aromatic carbocycles. The van der Waals surface area contributed by atoms with Gasteiger partial charge in [0.1, 0.15) is 0 Å². The molecule has 1 heterocycles. The summed E-state index contributed by atoms with van der Waals surface area (Å²) >= 11 is 0. The fraction of sp³-hybridized carbons (Fsp3) is 0.833. The number of hydrogen-bond acceptors (Lipinski definition) is 2. The number of likely N-dealkylation sites (N-methyl/N-ethyl adjacent to an activating group) is 1. The third-order valence-electron chi connectivity index (χ3n) is 1.79. The third kappa shape index (κ3) is 0.920. The van der Waals surface area contributed by atoms with Crippen molar-refractivity contribution >= 4 is 5.91 Å². The van der Waals surface area contributed by atoms with Crippen LogP contribution < -0.4 is 5.32 Å². The van der Waals surface area contributed by atoms with Gasteiger partial charge in [-0.25, -0.2) is 0 Å². The van der Waals surface area contributed by atoms with Crippen LogP contribution in [0, 0.1) is 0 Å². The predicted molar refractivity (Wildman–Crippen MR) is 34.8 cm³/mol. The van der Waals surface area contributed by atoms with Crippen LogP contribution in [0.1, 0.15) is 13.8 Å². The van der Waals surface area contributed by atoms with Crippen LogP contribution in [0.3, 0.4) is 0 Å². The van der Waals surface area contributed by atoms with Crippen molar-refractivity contribution in [1.29, 1.82) is 0 Å². The van der Waals surface area contributed by atoms with Crippen molar-refractivity contribution in [3.8, 4) is 0 Å². The highest BCUT2D eigenvalue weighted by molar-refractivity contribution is 5.83. The van der Waals surface area contributed by atoms with Crippen LogP contribution in [0.5, 0.6) is 0 Å². The molecular weight excluding hydrogens is 116 g/mol. The van der Waals surface area contributed by atoms with Gasteiger partial charge in [0, 0.05) is 7.05 Å². The number of nitrogens with one attached hydrogen (secondary N) is 1. The summed E-state index contributed by atoms with van der Waals surface area (Å²) in [6.45, 7) is 3.85. The molecule has 0 aromatic rings. The lowest BCUT2D eigenvalue weighted by molar-refractivity contribution is -0.128. The van der Waals surface area contributed by atoms with E-state index in [1.807, 2.05) is 20.9 Å². The molecular formula is C6H12N2O. The molecule has 1 fully saturated rings. The topological polar surface area (TPSA) is 32.3 Å². The van der Waals surface area contributed by atoms with Gasteiger partial charge in [-0.1, -0.05) is 0 Å². The summed E-state index contributed by atoms with van der Waals surface area (Å²) in [5.74, 6) is 0.183. The summed E-state index contributed by atoms with van der Waals surface area (Å²) in [7, 11) is 1.81. The molecule has 1 saturated heterocycles. The number of nitrogens with zero attached hydrogens (tertiary/aromatic N) is 1. The highest BCUT2D eigenvalue weighted by Crippen LogP contribution is 2.05. The summed E-state index contributed by atoms with van der Waals surface area (Å²) in [5, 5.41) is 3.09. The fourth-order valence-electron chi connectivity index (χ4n) is 1.04. The summed E-state index contributed by atoms with van der Waals surface area (Å²) < 4.78 is 0. The van der Waals surface area contributed by atoms with E-state index < -0.39 is 0 Å². The van der Waals surface area contributed by atoms with Gasteiger partial charge in [-0.2, -0.15) is 0 Å². The molecule has 0 aromatic heterocycles. The Morgan fingerprint density at radius 2 is 2.11 bits per heavy atom. The minimum atomic E-state index is 0.00463. The summed E-state index contributed by atoms with van der Waals surface area (Å²) in [5.41, 5.74) is 0. The number of carbonyl (C=O) groups is 1. The maximum Gasteiger partial charge on any atom is 0.240 e. The van der Waals surface area contributed by atoms with Crippen molar-refractivity contribution in [1.82, 2.24) is 10.2 Å². The molecule has 0 bridgehead atoms. The molecule has 1 aliphatic rings. The Hall–Kier alpha value is -0.570. The van der Waals surface area contributed by atoms with Crippen LogP contribution in [-0.2, 0) is 4.79 Å². The number of hydrogen-bond donors (Lipinski definition) is 1. The molecule has 3 heteroatoms. The van der Waals surface area contributed by atoms with Crippen molar-refractivity contribution in [2.45, 2.75) is 26.1 Å². The Labute approximate surface area is 55.0 Å². The van der Waals surface area contributed by atoms with Crippen LogP contribution >= 0.6 is 0 Å². The van der Waals surface area contributed by atoms with Gasteiger partial charge in [-0.15, -0.1) is 0 Å². The van der Waals surface area contributed by atoms with E-state index in [0.29, 0.717) is 0 Å². The van der Waals surface area contributed by atoms with Crippen molar-refractivity contribution in [2.75, 3.05) is 7.05 Å². The first-order valence-electron chi connectivity index (χ1n) is 3.15. The molecule has 2 atom stereocenters. The second kappa shape index (κ2) is 1.99. The van der Waals surface area contributed by atoms with Crippen LogP contribution in [0.25, 0.3) is 0 Å². The first-order chi connectivity index (χ1) is 4.13. The minimum absolute atomic E-state index is 0.00463. The normalized spacial score (nSPS) is 35.9. The van der Waals surface area contributed by atoms with Crippen molar-refractivity contribution in [2.24, 2.45) is 0 Å². The van der Waals surface area contributed by atoms with E-state index >= 15 is 0 Å². The maximum absolute atomic E-state index is 11.0. The van der Waals surface area contributed by atoms with Crippen LogP contribution in [-0.4, -0.2) is 30.1 Å². The Balaban J connectivity index is 2.65. The van der Waals surface area contributed by atoms with E-state index in [-0.39, 0.29) is 18.1 Å². The minimum Gasteiger partial charge on any atom is -0.329 e. The van der Waals surface area contributed by atoms with Gasteiger partial charge in [0.05, 0.1) is 12.2 Å². The average molecular weight is 128 g/mol. The number of rotatable bonds is 0. The molecule has 1 aliphatic heterocycles. The summed E-state index contributed by atoms with van der Waals surface area (Å²) in [4.78, 5) is 12.7.